The van der Waals surface area contributed by atoms with Gasteiger partial charge in [0.05, 0.1) is 5.56 Å². The molecule has 0 bridgehead atoms. The standard InChI is InChI=1S/C19H20N2OS/c1-3-23-15-9-10-18-16(11-15)17(12-20-18)19(22)21(2)13-14-7-5-4-6-8-14/h4-12,20H,3,13H2,1-2H3. The van der Waals surface area contributed by atoms with E-state index in [0.717, 1.165) is 27.8 Å². The summed E-state index contributed by atoms with van der Waals surface area (Å²) in [6.07, 6.45) is 1.81. The number of nitrogens with one attached hydrogen (secondary N) is 1. The van der Waals surface area contributed by atoms with Crippen molar-refractivity contribution in [2.45, 2.75) is 18.4 Å². The molecule has 1 amide bonds. The van der Waals surface area contributed by atoms with E-state index in [-0.39, 0.29) is 5.91 Å². The van der Waals surface area contributed by atoms with Gasteiger partial charge in [-0.1, -0.05) is 37.3 Å². The average Bonchev–Trinajstić information content (AvgIpc) is 2.98. The Morgan fingerprint density at radius 2 is 1.96 bits per heavy atom. The molecule has 4 heteroatoms. The Labute approximate surface area is 140 Å². The van der Waals surface area contributed by atoms with E-state index in [1.165, 1.54) is 4.90 Å². The van der Waals surface area contributed by atoms with Gasteiger partial charge in [-0.05, 0) is 29.5 Å². The minimum Gasteiger partial charge on any atom is -0.360 e. The first-order chi connectivity index (χ1) is 11.2. The van der Waals surface area contributed by atoms with Crippen LogP contribution in [0.4, 0.5) is 0 Å². The number of nitrogens with zero attached hydrogens (tertiary/aromatic N) is 1. The Morgan fingerprint density at radius 3 is 2.70 bits per heavy atom. The lowest BCUT2D eigenvalue weighted by atomic mass is 10.1. The molecule has 0 aliphatic carbocycles. The topological polar surface area (TPSA) is 36.1 Å². The Balaban J connectivity index is 1.86. The maximum Gasteiger partial charge on any atom is 0.256 e. The molecule has 0 atom stereocenters. The number of carbonyl (C=O) groups excluding carboxylic acids is 1. The van der Waals surface area contributed by atoms with Crippen LogP contribution in [-0.4, -0.2) is 28.6 Å². The van der Waals surface area contributed by atoms with Gasteiger partial charge in [0, 0.05) is 35.6 Å². The lowest BCUT2D eigenvalue weighted by Crippen LogP contribution is -2.25. The second kappa shape index (κ2) is 6.92. The van der Waals surface area contributed by atoms with Crippen LogP contribution in [0.3, 0.4) is 0 Å². The molecule has 3 aromatic rings. The van der Waals surface area contributed by atoms with Crippen LogP contribution >= 0.6 is 11.8 Å². The molecule has 0 saturated heterocycles. The van der Waals surface area contributed by atoms with Crippen LogP contribution in [0.25, 0.3) is 10.9 Å². The second-order valence-electron chi connectivity index (χ2n) is 5.49. The third-order valence-corrected chi connectivity index (χ3v) is 4.68. The fourth-order valence-electron chi connectivity index (χ4n) is 2.67. The van der Waals surface area contributed by atoms with Gasteiger partial charge in [0.15, 0.2) is 0 Å². The largest absolute Gasteiger partial charge is 0.360 e. The Kier molecular flexibility index (Phi) is 4.72. The highest BCUT2D eigenvalue weighted by Gasteiger charge is 2.16. The molecule has 0 unspecified atom stereocenters. The van der Waals surface area contributed by atoms with Crippen molar-refractivity contribution in [1.82, 2.24) is 9.88 Å². The van der Waals surface area contributed by atoms with Crippen LogP contribution in [0.2, 0.25) is 0 Å². The van der Waals surface area contributed by atoms with Gasteiger partial charge >= 0.3 is 0 Å². The zero-order valence-corrected chi connectivity index (χ0v) is 14.2. The number of H-pyrrole nitrogens is 1. The number of hydrogen-bond acceptors (Lipinski definition) is 2. The van der Waals surface area contributed by atoms with Crippen molar-refractivity contribution >= 4 is 28.6 Å². The number of aromatic amines is 1. The fourth-order valence-corrected chi connectivity index (χ4v) is 3.37. The first-order valence-corrected chi connectivity index (χ1v) is 8.71. The summed E-state index contributed by atoms with van der Waals surface area (Å²) in [4.78, 5) is 18.9. The molecule has 0 aliphatic heterocycles. The number of amides is 1. The predicted molar refractivity (Wildman–Crippen MR) is 96.9 cm³/mol. The summed E-state index contributed by atoms with van der Waals surface area (Å²) in [5.41, 5.74) is 2.87. The number of fused-ring (bicyclic) bond motifs is 1. The maximum absolute atomic E-state index is 12.8. The monoisotopic (exact) mass is 324 g/mol. The molecule has 23 heavy (non-hydrogen) atoms. The third kappa shape index (κ3) is 3.42. The van der Waals surface area contributed by atoms with Crippen LogP contribution in [0.15, 0.2) is 59.6 Å². The summed E-state index contributed by atoms with van der Waals surface area (Å²) in [5, 5.41) is 0.994. The molecule has 3 nitrogen and oxygen atoms in total. The second-order valence-corrected chi connectivity index (χ2v) is 6.83. The van der Waals surface area contributed by atoms with Gasteiger partial charge in [-0.2, -0.15) is 0 Å². The van der Waals surface area contributed by atoms with E-state index < -0.39 is 0 Å². The zero-order valence-electron chi connectivity index (χ0n) is 13.4. The number of aromatic nitrogens is 1. The van der Waals surface area contributed by atoms with Crippen molar-refractivity contribution in [1.29, 1.82) is 0 Å². The van der Waals surface area contributed by atoms with Gasteiger partial charge in [0.25, 0.3) is 5.91 Å². The van der Waals surface area contributed by atoms with E-state index >= 15 is 0 Å². The van der Waals surface area contributed by atoms with Crippen molar-refractivity contribution in [3.63, 3.8) is 0 Å². The van der Waals surface area contributed by atoms with Crippen molar-refractivity contribution in [2.24, 2.45) is 0 Å². The third-order valence-electron chi connectivity index (χ3n) is 3.80. The van der Waals surface area contributed by atoms with Gasteiger partial charge < -0.3 is 9.88 Å². The molecule has 1 aromatic heterocycles. The maximum atomic E-state index is 12.8. The summed E-state index contributed by atoms with van der Waals surface area (Å²) in [5.74, 6) is 1.06. The molecule has 2 aromatic carbocycles. The SMILES string of the molecule is CCSc1ccc2[nH]cc(C(=O)N(C)Cc3ccccc3)c2c1. The predicted octanol–water partition coefficient (Wildman–Crippen LogP) is 4.55. The molecular weight excluding hydrogens is 304 g/mol. The van der Waals surface area contributed by atoms with Crippen LogP contribution in [-0.2, 0) is 6.54 Å². The summed E-state index contributed by atoms with van der Waals surface area (Å²) in [6, 6.07) is 16.3. The molecule has 1 heterocycles. The van der Waals surface area contributed by atoms with Crippen LogP contribution < -0.4 is 0 Å². The zero-order chi connectivity index (χ0) is 16.2. The first kappa shape index (κ1) is 15.7. The molecule has 0 fully saturated rings. The van der Waals surface area contributed by atoms with E-state index in [9.17, 15) is 4.79 Å². The lowest BCUT2D eigenvalue weighted by molar-refractivity contribution is 0.0787. The van der Waals surface area contributed by atoms with Crippen LogP contribution in [0.5, 0.6) is 0 Å². The van der Waals surface area contributed by atoms with E-state index in [2.05, 4.69) is 24.0 Å². The average molecular weight is 324 g/mol. The molecule has 0 aliphatic rings. The Morgan fingerprint density at radius 1 is 1.17 bits per heavy atom. The molecule has 0 radical (unpaired) electrons. The molecule has 118 valence electrons. The molecule has 0 saturated carbocycles. The molecule has 3 rings (SSSR count). The van der Waals surface area contributed by atoms with Gasteiger partial charge in [0.2, 0.25) is 0 Å². The van der Waals surface area contributed by atoms with Gasteiger partial charge in [-0.15, -0.1) is 11.8 Å². The fraction of sp³-hybridized carbons (Fsp3) is 0.211. The van der Waals surface area contributed by atoms with Gasteiger partial charge in [0.1, 0.15) is 0 Å². The van der Waals surface area contributed by atoms with E-state index in [1.807, 2.05) is 49.6 Å². The van der Waals surface area contributed by atoms with Crippen LogP contribution in [0.1, 0.15) is 22.8 Å². The van der Waals surface area contributed by atoms with Gasteiger partial charge in [-0.3, -0.25) is 4.79 Å². The Bertz CT molecular complexity index is 811. The number of carbonyl (C=O) groups is 1. The first-order valence-electron chi connectivity index (χ1n) is 7.72. The van der Waals surface area contributed by atoms with Crippen molar-refractivity contribution in [2.75, 3.05) is 12.8 Å². The summed E-state index contributed by atoms with van der Waals surface area (Å²) < 4.78 is 0. The van der Waals surface area contributed by atoms with E-state index in [4.69, 9.17) is 0 Å². The van der Waals surface area contributed by atoms with Crippen LogP contribution in [0, 0.1) is 0 Å². The van der Waals surface area contributed by atoms with E-state index in [0.29, 0.717) is 6.54 Å². The smallest absolute Gasteiger partial charge is 0.256 e. The lowest BCUT2D eigenvalue weighted by Gasteiger charge is -2.17. The van der Waals surface area contributed by atoms with E-state index in [1.54, 1.807) is 16.7 Å². The quantitative estimate of drug-likeness (QED) is 0.699. The summed E-state index contributed by atoms with van der Waals surface area (Å²) in [6.45, 7) is 2.74. The van der Waals surface area contributed by atoms with Crippen molar-refractivity contribution in [3.8, 4) is 0 Å². The number of hydrogen-bond donors (Lipinski definition) is 1. The highest BCUT2D eigenvalue weighted by atomic mass is 32.2. The number of benzene rings is 2. The van der Waals surface area contributed by atoms with Gasteiger partial charge in [-0.25, -0.2) is 0 Å². The normalized spacial score (nSPS) is 10.9. The minimum atomic E-state index is 0.0405. The highest BCUT2D eigenvalue weighted by Crippen LogP contribution is 2.26. The molecular formula is C19H20N2OS. The highest BCUT2D eigenvalue weighted by molar-refractivity contribution is 7.99. The Hall–Kier alpha value is -2.20. The van der Waals surface area contributed by atoms with Crippen molar-refractivity contribution in [3.05, 3.63) is 65.9 Å². The molecule has 0 spiro atoms. The minimum absolute atomic E-state index is 0.0405. The summed E-state index contributed by atoms with van der Waals surface area (Å²) in [7, 11) is 1.85. The number of rotatable bonds is 5. The number of thioether (sulfide) groups is 1. The summed E-state index contributed by atoms with van der Waals surface area (Å²) >= 11 is 1.79. The molecule has 1 N–H and O–H groups in total. The van der Waals surface area contributed by atoms with Crippen molar-refractivity contribution < 1.29 is 4.79 Å².